The summed E-state index contributed by atoms with van der Waals surface area (Å²) >= 11 is 1.45. The first-order valence-electron chi connectivity index (χ1n) is 8.53. The van der Waals surface area contributed by atoms with Crippen LogP contribution in [0.25, 0.3) is 10.6 Å². The van der Waals surface area contributed by atoms with Crippen LogP contribution in [0.15, 0.2) is 24.3 Å². The van der Waals surface area contributed by atoms with E-state index in [1.54, 1.807) is 11.9 Å². The lowest BCUT2D eigenvalue weighted by Gasteiger charge is -2.24. The molecule has 0 saturated heterocycles. The first kappa shape index (κ1) is 16.9. The quantitative estimate of drug-likeness (QED) is 0.817. The highest BCUT2D eigenvalue weighted by atomic mass is 32.1. The van der Waals surface area contributed by atoms with Gasteiger partial charge in [0.2, 0.25) is 11.0 Å². The van der Waals surface area contributed by atoms with Gasteiger partial charge < -0.3 is 4.74 Å². The van der Waals surface area contributed by atoms with Crippen LogP contribution in [0.3, 0.4) is 0 Å². The molecule has 1 amide bonds. The number of benzene rings is 1. The number of nitrogens with zero attached hydrogens (tertiary/aromatic N) is 3. The van der Waals surface area contributed by atoms with Gasteiger partial charge in [-0.05, 0) is 44.0 Å². The molecule has 128 valence electrons. The number of carbonyl (C=O) groups excluding carboxylic acids is 1. The Morgan fingerprint density at radius 1 is 1.21 bits per heavy atom. The Bertz CT molecular complexity index is 678. The largest absolute Gasteiger partial charge is 0.494 e. The van der Waals surface area contributed by atoms with E-state index in [-0.39, 0.29) is 11.8 Å². The molecule has 0 radical (unpaired) electrons. The minimum atomic E-state index is 0.140. The molecule has 1 aromatic heterocycles. The van der Waals surface area contributed by atoms with Gasteiger partial charge in [0.15, 0.2) is 0 Å². The second kappa shape index (κ2) is 7.75. The summed E-state index contributed by atoms with van der Waals surface area (Å²) in [6.45, 7) is 2.61. The monoisotopic (exact) mass is 345 g/mol. The maximum Gasteiger partial charge on any atom is 0.231 e. The molecule has 0 N–H and O–H groups in total. The van der Waals surface area contributed by atoms with Crippen molar-refractivity contribution in [2.75, 3.05) is 18.6 Å². The number of aromatic nitrogens is 2. The van der Waals surface area contributed by atoms with Gasteiger partial charge in [0.05, 0.1) is 6.61 Å². The molecule has 0 unspecified atom stereocenters. The third-order valence-corrected chi connectivity index (χ3v) is 5.45. The summed E-state index contributed by atoms with van der Waals surface area (Å²) in [6, 6.07) is 7.80. The van der Waals surface area contributed by atoms with Crippen molar-refractivity contribution in [3.05, 3.63) is 24.3 Å². The predicted octanol–water partition coefficient (Wildman–Crippen LogP) is 4.15. The van der Waals surface area contributed by atoms with Crippen LogP contribution in [0.4, 0.5) is 5.13 Å². The van der Waals surface area contributed by atoms with Gasteiger partial charge in [-0.1, -0.05) is 30.6 Å². The second-order valence-electron chi connectivity index (χ2n) is 6.08. The number of amides is 1. The normalized spacial score (nSPS) is 15.2. The Labute approximate surface area is 146 Å². The predicted molar refractivity (Wildman–Crippen MR) is 96.5 cm³/mol. The molecule has 0 bridgehead atoms. The molecule has 1 heterocycles. The van der Waals surface area contributed by atoms with Crippen LogP contribution in [0.5, 0.6) is 5.75 Å². The van der Waals surface area contributed by atoms with Gasteiger partial charge in [0.1, 0.15) is 10.8 Å². The van der Waals surface area contributed by atoms with E-state index in [1.807, 2.05) is 31.2 Å². The van der Waals surface area contributed by atoms with Gasteiger partial charge in [-0.3, -0.25) is 9.69 Å². The lowest BCUT2D eigenvalue weighted by Crippen LogP contribution is -2.33. The minimum absolute atomic E-state index is 0.140. The van der Waals surface area contributed by atoms with Crippen LogP contribution in [-0.4, -0.2) is 29.8 Å². The maximum atomic E-state index is 12.6. The van der Waals surface area contributed by atoms with Gasteiger partial charge in [0.25, 0.3) is 0 Å². The zero-order valence-corrected chi connectivity index (χ0v) is 15.0. The van der Waals surface area contributed by atoms with Crippen LogP contribution in [0.2, 0.25) is 0 Å². The van der Waals surface area contributed by atoms with E-state index in [0.717, 1.165) is 42.0 Å². The van der Waals surface area contributed by atoms with Crippen molar-refractivity contribution in [3.63, 3.8) is 0 Å². The van der Waals surface area contributed by atoms with Crippen LogP contribution < -0.4 is 9.64 Å². The average molecular weight is 345 g/mol. The van der Waals surface area contributed by atoms with Crippen molar-refractivity contribution in [1.29, 1.82) is 0 Å². The molecule has 1 saturated carbocycles. The summed E-state index contributed by atoms with van der Waals surface area (Å²) in [4.78, 5) is 14.3. The summed E-state index contributed by atoms with van der Waals surface area (Å²) in [7, 11) is 1.80. The van der Waals surface area contributed by atoms with Crippen LogP contribution in [-0.2, 0) is 4.79 Å². The molecule has 24 heavy (non-hydrogen) atoms. The zero-order chi connectivity index (χ0) is 16.9. The third kappa shape index (κ3) is 3.75. The van der Waals surface area contributed by atoms with E-state index in [9.17, 15) is 4.79 Å². The Morgan fingerprint density at radius 2 is 1.92 bits per heavy atom. The highest BCUT2D eigenvalue weighted by Gasteiger charge is 2.26. The fourth-order valence-electron chi connectivity index (χ4n) is 3.05. The lowest BCUT2D eigenvalue weighted by molar-refractivity contribution is -0.123. The summed E-state index contributed by atoms with van der Waals surface area (Å²) in [5.41, 5.74) is 0.987. The molecule has 1 fully saturated rings. The molecule has 2 aromatic rings. The number of hydrogen-bond donors (Lipinski definition) is 0. The summed E-state index contributed by atoms with van der Waals surface area (Å²) in [5, 5.41) is 9.93. The molecular formula is C18H23N3O2S. The first-order chi connectivity index (χ1) is 11.7. The van der Waals surface area contributed by atoms with Gasteiger partial charge in [0, 0.05) is 18.5 Å². The van der Waals surface area contributed by atoms with Crippen molar-refractivity contribution in [2.45, 2.75) is 39.0 Å². The Kier molecular flexibility index (Phi) is 5.45. The van der Waals surface area contributed by atoms with Gasteiger partial charge >= 0.3 is 0 Å². The third-order valence-electron chi connectivity index (χ3n) is 4.40. The number of hydrogen-bond acceptors (Lipinski definition) is 5. The van der Waals surface area contributed by atoms with Crippen molar-refractivity contribution in [3.8, 4) is 16.3 Å². The van der Waals surface area contributed by atoms with E-state index < -0.39 is 0 Å². The van der Waals surface area contributed by atoms with Crippen molar-refractivity contribution >= 4 is 22.4 Å². The molecule has 1 aromatic carbocycles. The van der Waals surface area contributed by atoms with Crippen molar-refractivity contribution in [1.82, 2.24) is 10.2 Å². The number of rotatable bonds is 5. The molecule has 3 rings (SSSR count). The van der Waals surface area contributed by atoms with Gasteiger partial charge in [-0.2, -0.15) is 0 Å². The number of ether oxygens (including phenoxy) is 1. The maximum absolute atomic E-state index is 12.6. The number of carbonyl (C=O) groups is 1. The number of anilines is 1. The topological polar surface area (TPSA) is 55.3 Å². The van der Waals surface area contributed by atoms with Gasteiger partial charge in [-0.15, -0.1) is 10.2 Å². The van der Waals surface area contributed by atoms with E-state index in [1.165, 1.54) is 17.8 Å². The molecule has 0 atom stereocenters. The summed E-state index contributed by atoms with van der Waals surface area (Å²) in [5.74, 6) is 1.15. The van der Waals surface area contributed by atoms with E-state index >= 15 is 0 Å². The molecule has 5 nitrogen and oxygen atoms in total. The molecule has 1 aliphatic carbocycles. The molecule has 6 heteroatoms. The Balaban J connectivity index is 1.71. The van der Waals surface area contributed by atoms with Crippen molar-refractivity contribution in [2.24, 2.45) is 5.92 Å². The smallest absolute Gasteiger partial charge is 0.231 e. The van der Waals surface area contributed by atoms with Gasteiger partial charge in [-0.25, -0.2) is 0 Å². The minimum Gasteiger partial charge on any atom is -0.494 e. The molecule has 0 spiro atoms. The average Bonchev–Trinajstić information content (AvgIpc) is 3.12. The molecular weight excluding hydrogens is 322 g/mol. The molecule has 0 aliphatic heterocycles. The van der Waals surface area contributed by atoms with E-state index in [4.69, 9.17) is 4.74 Å². The standard InChI is InChI=1S/C18H23N3O2S/c1-3-23-15-11-9-13(10-12-15)16-19-20-18(24-16)21(2)17(22)14-7-5-4-6-8-14/h9-12,14H,3-8H2,1-2H3. The Morgan fingerprint density at radius 3 is 2.58 bits per heavy atom. The molecule has 1 aliphatic rings. The van der Waals surface area contributed by atoms with Crippen molar-refractivity contribution < 1.29 is 9.53 Å². The highest BCUT2D eigenvalue weighted by molar-refractivity contribution is 7.18. The summed E-state index contributed by atoms with van der Waals surface area (Å²) in [6.07, 6.45) is 5.53. The highest BCUT2D eigenvalue weighted by Crippen LogP contribution is 2.32. The summed E-state index contributed by atoms with van der Waals surface area (Å²) < 4.78 is 5.45. The van der Waals surface area contributed by atoms with E-state index in [2.05, 4.69) is 10.2 Å². The van der Waals surface area contributed by atoms with E-state index in [0.29, 0.717) is 11.7 Å². The lowest BCUT2D eigenvalue weighted by atomic mass is 9.88. The second-order valence-corrected chi connectivity index (χ2v) is 7.04. The fourth-order valence-corrected chi connectivity index (χ4v) is 3.86. The fraction of sp³-hybridized carbons (Fsp3) is 0.500. The first-order valence-corrected chi connectivity index (χ1v) is 9.35. The zero-order valence-electron chi connectivity index (χ0n) is 14.2. The SMILES string of the molecule is CCOc1ccc(-c2nnc(N(C)C(=O)C3CCCCC3)s2)cc1. The van der Waals surface area contributed by atoms with Crippen LogP contribution in [0.1, 0.15) is 39.0 Å². The van der Waals surface area contributed by atoms with Crippen LogP contribution >= 0.6 is 11.3 Å². The Hall–Kier alpha value is -1.95. The van der Waals surface area contributed by atoms with Crippen LogP contribution in [0, 0.1) is 5.92 Å².